The maximum absolute atomic E-state index is 12.3. The summed E-state index contributed by atoms with van der Waals surface area (Å²) in [5.74, 6) is 0.505. The van der Waals surface area contributed by atoms with E-state index in [-0.39, 0.29) is 24.1 Å². The summed E-state index contributed by atoms with van der Waals surface area (Å²) in [6.45, 7) is 0.0983. The molecule has 118 valence electrons. The van der Waals surface area contributed by atoms with Crippen molar-refractivity contribution in [1.29, 1.82) is 0 Å². The number of para-hydroxylation sites is 1. The Hall–Kier alpha value is -2.53. The minimum absolute atomic E-state index is 0.0983. The maximum atomic E-state index is 12.3. The summed E-state index contributed by atoms with van der Waals surface area (Å²) in [5, 5.41) is 14.6. The predicted molar refractivity (Wildman–Crippen MR) is 83.9 cm³/mol. The summed E-state index contributed by atoms with van der Waals surface area (Å²) in [5.41, 5.74) is -0.494. The molecule has 1 fully saturated rings. The molecule has 5 heteroatoms. The average molecular weight is 311 g/mol. The Bertz CT molecular complexity index is 799. The summed E-state index contributed by atoms with van der Waals surface area (Å²) >= 11 is 0. The van der Waals surface area contributed by atoms with Gasteiger partial charge in [0.25, 0.3) is 5.91 Å². The molecule has 0 aliphatic heterocycles. The first-order chi connectivity index (χ1) is 11.2. The number of hydrogen-bond donors (Lipinski definition) is 2. The Morgan fingerprint density at radius 1 is 1.26 bits per heavy atom. The van der Waals surface area contributed by atoms with Crippen molar-refractivity contribution in [2.45, 2.75) is 18.4 Å². The molecule has 5 nitrogen and oxygen atoms in total. The fourth-order valence-corrected chi connectivity index (χ4v) is 2.91. The van der Waals surface area contributed by atoms with E-state index in [2.05, 4.69) is 5.32 Å². The normalized spacial score (nSPS) is 17.1. The number of aliphatic hydroxyl groups is 1. The number of furan rings is 2. The fraction of sp³-hybridized carbons (Fsp3) is 0.278. The third kappa shape index (κ3) is 2.53. The van der Waals surface area contributed by atoms with Gasteiger partial charge in [0.05, 0.1) is 12.8 Å². The summed E-state index contributed by atoms with van der Waals surface area (Å²) in [6.07, 6.45) is 3.39. The lowest BCUT2D eigenvalue weighted by Crippen LogP contribution is -2.42. The van der Waals surface area contributed by atoms with E-state index in [1.165, 1.54) is 6.26 Å². The molecule has 1 amide bonds. The molecule has 1 atom stereocenters. The first kappa shape index (κ1) is 14.1. The average Bonchev–Trinajstić information content (AvgIpc) is 3.12. The van der Waals surface area contributed by atoms with Gasteiger partial charge in [-0.25, -0.2) is 0 Å². The maximum Gasteiger partial charge on any atom is 0.287 e. The fourth-order valence-electron chi connectivity index (χ4n) is 2.91. The summed E-state index contributed by atoms with van der Waals surface area (Å²) in [4.78, 5) is 12.3. The van der Waals surface area contributed by atoms with Crippen LogP contribution in [0.4, 0.5) is 0 Å². The lowest BCUT2D eigenvalue weighted by molar-refractivity contribution is -0.00629. The van der Waals surface area contributed by atoms with E-state index < -0.39 is 5.60 Å². The lowest BCUT2D eigenvalue weighted by atomic mass is 9.94. The van der Waals surface area contributed by atoms with Gasteiger partial charge in [0.1, 0.15) is 16.9 Å². The highest BCUT2D eigenvalue weighted by molar-refractivity contribution is 5.96. The van der Waals surface area contributed by atoms with Gasteiger partial charge in [-0.15, -0.1) is 0 Å². The largest absolute Gasteiger partial charge is 0.466 e. The lowest BCUT2D eigenvalue weighted by Gasteiger charge is -2.26. The third-order valence-corrected chi connectivity index (χ3v) is 4.37. The molecule has 1 aliphatic rings. The molecule has 0 spiro atoms. The highest BCUT2D eigenvalue weighted by atomic mass is 16.4. The van der Waals surface area contributed by atoms with E-state index >= 15 is 0 Å². The summed E-state index contributed by atoms with van der Waals surface area (Å²) in [7, 11) is 0. The van der Waals surface area contributed by atoms with Gasteiger partial charge in [0.2, 0.25) is 0 Å². The van der Waals surface area contributed by atoms with Crippen molar-refractivity contribution in [3.05, 3.63) is 60.2 Å². The molecule has 1 aliphatic carbocycles. The molecule has 4 rings (SSSR count). The monoisotopic (exact) mass is 311 g/mol. The van der Waals surface area contributed by atoms with Crippen LogP contribution in [0.25, 0.3) is 11.0 Å². The van der Waals surface area contributed by atoms with Crippen LogP contribution in [0, 0.1) is 5.92 Å². The third-order valence-electron chi connectivity index (χ3n) is 4.37. The predicted octanol–water partition coefficient (Wildman–Crippen LogP) is 3.05. The minimum Gasteiger partial charge on any atom is -0.466 e. The Morgan fingerprint density at radius 3 is 2.78 bits per heavy atom. The number of amides is 1. The molecule has 2 aromatic heterocycles. The SMILES string of the molecule is O=C(NC[C@](O)(c1ccco1)C1CC1)c1cc2ccccc2o1. The van der Waals surface area contributed by atoms with E-state index in [4.69, 9.17) is 8.83 Å². The van der Waals surface area contributed by atoms with Crippen molar-refractivity contribution < 1.29 is 18.7 Å². The van der Waals surface area contributed by atoms with Gasteiger partial charge >= 0.3 is 0 Å². The Balaban J connectivity index is 1.52. The highest BCUT2D eigenvalue weighted by Crippen LogP contribution is 2.45. The van der Waals surface area contributed by atoms with Crippen molar-refractivity contribution in [3.63, 3.8) is 0 Å². The molecular weight excluding hydrogens is 294 g/mol. The Labute approximate surface area is 132 Å². The molecule has 2 N–H and O–H groups in total. The van der Waals surface area contributed by atoms with E-state index in [0.717, 1.165) is 18.2 Å². The molecule has 0 unspecified atom stereocenters. The molecule has 0 bridgehead atoms. The number of fused-ring (bicyclic) bond motifs is 1. The molecule has 0 radical (unpaired) electrons. The molecule has 0 saturated heterocycles. The van der Waals surface area contributed by atoms with Crippen molar-refractivity contribution in [2.24, 2.45) is 5.92 Å². The standard InChI is InChI=1S/C18H17NO4/c20-17(15-10-12-4-1-2-5-14(12)23-15)19-11-18(21,13-7-8-13)16-6-3-9-22-16/h1-6,9-10,13,21H,7-8,11H2,(H,19,20)/t18-/m1/s1. The van der Waals surface area contributed by atoms with Crippen molar-refractivity contribution in [1.82, 2.24) is 5.32 Å². The van der Waals surface area contributed by atoms with Crippen LogP contribution in [-0.4, -0.2) is 17.6 Å². The van der Waals surface area contributed by atoms with Gasteiger partial charge in [0, 0.05) is 5.39 Å². The minimum atomic E-state index is -1.16. The zero-order valence-electron chi connectivity index (χ0n) is 12.5. The number of hydrogen-bond acceptors (Lipinski definition) is 4. The zero-order chi connectivity index (χ0) is 15.9. The van der Waals surface area contributed by atoms with Crippen molar-refractivity contribution in [3.8, 4) is 0 Å². The van der Waals surface area contributed by atoms with Gasteiger partial charge in [-0.2, -0.15) is 0 Å². The van der Waals surface area contributed by atoms with Crippen molar-refractivity contribution >= 4 is 16.9 Å². The molecule has 3 aromatic rings. The number of rotatable bonds is 5. The summed E-state index contributed by atoms with van der Waals surface area (Å²) in [6, 6.07) is 12.6. The van der Waals surface area contributed by atoms with E-state index in [9.17, 15) is 9.90 Å². The molecular formula is C18H17NO4. The number of carbonyl (C=O) groups excluding carboxylic acids is 1. The van der Waals surface area contributed by atoms with Gasteiger partial charge in [-0.3, -0.25) is 4.79 Å². The molecule has 23 heavy (non-hydrogen) atoms. The topological polar surface area (TPSA) is 75.6 Å². The molecule has 1 saturated carbocycles. The second kappa shape index (κ2) is 5.28. The molecule has 2 heterocycles. The van der Waals surface area contributed by atoms with E-state index in [0.29, 0.717) is 11.3 Å². The van der Waals surface area contributed by atoms with Crippen LogP contribution in [0.2, 0.25) is 0 Å². The van der Waals surface area contributed by atoms with Crippen LogP contribution in [0.1, 0.15) is 29.2 Å². The number of benzene rings is 1. The summed E-state index contributed by atoms with van der Waals surface area (Å²) < 4.78 is 10.9. The highest BCUT2D eigenvalue weighted by Gasteiger charge is 2.47. The van der Waals surface area contributed by atoms with Crippen LogP contribution < -0.4 is 5.32 Å². The van der Waals surface area contributed by atoms with Crippen LogP contribution in [-0.2, 0) is 5.60 Å². The van der Waals surface area contributed by atoms with Gasteiger partial charge in [-0.1, -0.05) is 18.2 Å². The number of nitrogens with one attached hydrogen (secondary N) is 1. The van der Waals surface area contributed by atoms with Gasteiger partial charge in [-0.05, 0) is 43.0 Å². The van der Waals surface area contributed by atoms with Crippen LogP contribution in [0.15, 0.2) is 57.6 Å². The Morgan fingerprint density at radius 2 is 2.09 bits per heavy atom. The van der Waals surface area contributed by atoms with Gasteiger partial charge in [0.15, 0.2) is 5.76 Å². The first-order valence-corrected chi connectivity index (χ1v) is 7.70. The first-order valence-electron chi connectivity index (χ1n) is 7.70. The Kier molecular flexibility index (Phi) is 3.23. The quantitative estimate of drug-likeness (QED) is 0.759. The van der Waals surface area contributed by atoms with Crippen LogP contribution in [0.3, 0.4) is 0 Å². The van der Waals surface area contributed by atoms with Gasteiger partial charge < -0.3 is 19.3 Å². The molecule has 1 aromatic carbocycles. The van der Waals surface area contributed by atoms with Crippen LogP contribution in [0.5, 0.6) is 0 Å². The van der Waals surface area contributed by atoms with E-state index in [1.54, 1.807) is 18.2 Å². The second-order valence-corrected chi connectivity index (χ2v) is 6.01. The number of carbonyl (C=O) groups is 1. The van der Waals surface area contributed by atoms with Crippen molar-refractivity contribution in [2.75, 3.05) is 6.54 Å². The van der Waals surface area contributed by atoms with Crippen LogP contribution >= 0.6 is 0 Å². The smallest absolute Gasteiger partial charge is 0.287 e. The zero-order valence-corrected chi connectivity index (χ0v) is 12.5. The van der Waals surface area contributed by atoms with E-state index in [1.807, 2.05) is 24.3 Å². The second-order valence-electron chi connectivity index (χ2n) is 6.01.